The molecule has 21 heavy (non-hydrogen) atoms. The summed E-state index contributed by atoms with van der Waals surface area (Å²) < 4.78 is 17.2. The second-order valence-corrected chi connectivity index (χ2v) is 7.27. The van der Waals surface area contributed by atoms with Crippen LogP contribution in [0.4, 0.5) is 4.39 Å². The van der Waals surface area contributed by atoms with Gasteiger partial charge in [-0.25, -0.2) is 4.39 Å². The molecule has 1 aromatic carbocycles. The largest absolute Gasteiger partial charge is 0.331 e. The van der Waals surface area contributed by atoms with Crippen LogP contribution >= 0.6 is 34.8 Å². The molecule has 0 spiro atoms. The second-order valence-electron chi connectivity index (χ2n) is 5.72. The smallest absolute Gasteiger partial charge is 0.178 e. The number of H-pyrrole nitrogens is 1. The number of hydrogen-bond donors (Lipinski definition) is 1. The van der Waals surface area contributed by atoms with Crippen molar-refractivity contribution in [3.63, 3.8) is 0 Å². The molecule has 1 aromatic heterocycles. The number of halogens is 2. The number of aromatic amines is 1. The molecule has 1 aliphatic heterocycles. The Balaban J connectivity index is 1.98. The quantitative estimate of drug-likeness (QED) is 0.598. The number of imidazole rings is 1. The van der Waals surface area contributed by atoms with Crippen molar-refractivity contribution < 1.29 is 4.39 Å². The summed E-state index contributed by atoms with van der Waals surface area (Å²) in [6.07, 6.45) is 0. The molecule has 0 amide bonds. The third-order valence-electron chi connectivity index (χ3n) is 4.19. The molecule has 0 saturated carbocycles. The van der Waals surface area contributed by atoms with Gasteiger partial charge >= 0.3 is 0 Å². The third kappa shape index (κ3) is 3.01. The van der Waals surface area contributed by atoms with Crippen LogP contribution in [0.15, 0.2) is 12.1 Å². The maximum Gasteiger partial charge on any atom is 0.178 e. The van der Waals surface area contributed by atoms with Crippen LogP contribution in [0, 0.1) is 14.2 Å². The molecular weight excluding hydrogens is 402 g/mol. The minimum atomic E-state index is -0.194. The molecule has 2 aromatic rings. The summed E-state index contributed by atoms with van der Waals surface area (Å²) in [5.74, 6) is -0.194. The number of rotatable bonds is 2. The van der Waals surface area contributed by atoms with Crippen LogP contribution in [-0.2, 0) is 6.54 Å². The van der Waals surface area contributed by atoms with E-state index in [0.29, 0.717) is 14.4 Å². The molecule has 1 N–H and O–H groups in total. The molecule has 0 bridgehead atoms. The normalized spacial score (nSPS) is 21.2. The standard InChI is InChI=1S/C14H18FIN4S/c1-18-3-4-19(2)9(7-18)8-20-13-5-10(15)11(16)6-12(13)17-14(20)21/h5-6,9H,3-4,7-8H2,1-2H3,(H,17,21). The van der Waals surface area contributed by atoms with Gasteiger partial charge in [0.05, 0.1) is 14.6 Å². The highest BCUT2D eigenvalue weighted by Gasteiger charge is 2.23. The average Bonchev–Trinajstić information content (AvgIpc) is 2.71. The first-order valence-electron chi connectivity index (χ1n) is 6.92. The van der Waals surface area contributed by atoms with Crippen molar-refractivity contribution >= 4 is 45.8 Å². The molecule has 3 rings (SSSR count). The zero-order chi connectivity index (χ0) is 15.1. The SMILES string of the molecule is CN1CCN(C)C(Cn2c(=S)[nH]c3cc(I)c(F)cc32)C1. The van der Waals surface area contributed by atoms with Gasteiger partial charge in [0, 0.05) is 38.3 Å². The van der Waals surface area contributed by atoms with Crippen molar-refractivity contribution in [2.24, 2.45) is 0 Å². The lowest BCUT2D eigenvalue weighted by Gasteiger charge is -2.37. The Hall–Kier alpha value is -0.510. The van der Waals surface area contributed by atoms with Crippen molar-refractivity contribution in [1.82, 2.24) is 19.4 Å². The molecule has 1 fully saturated rings. The summed E-state index contributed by atoms with van der Waals surface area (Å²) >= 11 is 7.43. The molecule has 114 valence electrons. The van der Waals surface area contributed by atoms with E-state index < -0.39 is 0 Å². The van der Waals surface area contributed by atoms with Gasteiger partial charge < -0.3 is 14.5 Å². The van der Waals surface area contributed by atoms with Crippen LogP contribution in [-0.4, -0.2) is 59.1 Å². The molecular formula is C14H18FIN4S. The Morgan fingerprint density at radius 2 is 2.14 bits per heavy atom. The van der Waals surface area contributed by atoms with Gasteiger partial charge in [-0.05, 0) is 55.0 Å². The molecule has 0 radical (unpaired) electrons. The molecule has 2 heterocycles. The lowest BCUT2D eigenvalue weighted by atomic mass is 10.2. The lowest BCUT2D eigenvalue weighted by molar-refractivity contribution is 0.103. The summed E-state index contributed by atoms with van der Waals surface area (Å²) in [5.41, 5.74) is 1.75. The van der Waals surface area contributed by atoms with Gasteiger partial charge in [-0.2, -0.15) is 0 Å². The highest BCUT2D eigenvalue weighted by Crippen LogP contribution is 2.22. The first-order chi connectivity index (χ1) is 9.95. The maximum absolute atomic E-state index is 13.9. The molecule has 7 heteroatoms. The second kappa shape index (κ2) is 5.94. The van der Waals surface area contributed by atoms with E-state index in [-0.39, 0.29) is 5.82 Å². The van der Waals surface area contributed by atoms with Crippen molar-refractivity contribution in [1.29, 1.82) is 0 Å². The van der Waals surface area contributed by atoms with E-state index in [0.717, 1.165) is 37.2 Å². The highest BCUT2D eigenvalue weighted by atomic mass is 127. The van der Waals surface area contributed by atoms with Crippen LogP contribution < -0.4 is 0 Å². The van der Waals surface area contributed by atoms with Gasteiger partial charge in [0.1, 0.15) is 5.82 Å². The fourth-order valence-electron chi connectivity index (χ4n) is 2.84. The Morgan fingerprint density at radius 3 is 2.90 bits per heavy atom. The zero-order valence-electron chi connectivity index (χ0n) is 12.1. The van der Waals surface area contributed by atoms with Gasteiger partial charge in [0.25, 0.3) is 0 Å². The maximum atomic E-state index is 13.9. The monoisotopic (exact) mass is 420 g/mol. The van der Waals surface area contributed by atoms with E-state index in [4.69, 9.17) is 12.2 Å². The van der Waals surface area contributed by atoms with Crippen molar-refractivity contribution in [3.05, 3.63) is 26.3 Å². The number of nitrogens with one attached hydrogen (secondary N) is 1. The minimum Gasteiger partial charge on any atom is -0.331 e. The number of piperazine rings is 1. The van der Waals surface area contributed by atoms with Gasteiger partial charge in [-0.3, -0.25) is 4.90 Å². The molecule has 1 unspecified atom stereocenters. The Kier molecular flexibility index (Phi) is 4.35. The number of hydrogen-bond acceptors (Lipinski definition) is 3. The predicted octanol–water partition coefficient (Wildman–Crippen LogP) is 2.69. The van der Waals surface area contributed by atoms with E-state index in [1.165, 1.54) is 0 Å². The molecule has 0 aliphatic carbocycles. The van der Waals surface area contributed by atoms with Crippen LogP contribution in [0.5, 0.6) is 0 Å². The molecule has 4 nitrogen and oxygen atoms in total. The van der Waals surface area contributed by atoms with Gasteiger partial charge in [-0.1, -0.05) is 0 Å². The van der Waals surface area contributed by atoms with Crippen LogP contribution in [0.2, 0.25) is 0 Å². The summed E-state index contributed by atoms with van der Waals surface area (Å²) in [4.78, 5) is 7.86. The number of likely N-dealkylation sites (N-methyl/N-ethyl adjacent to an activating group) is 2. The van der Waals surface area contributed by atoms with Gasteiger partial charge in [0.15, 0.2) is 4.77 Å². The lowest BCUT2D eigenvalue weighted by Crippen LogP contribution is -2.51. The highest BCUT2D eigenvalue weighted by molar-refractivity contribution is 14.1. The van der Waals surface area contributed by atoms with E-state index in [2.05, 4.69) is 28.9 Å². The predicted molar refractivity (Wildman–Crippen MR) is 93.7 cm³/mol. The van der Waals surface area contributed by atoms with E-state index in [9.17, 15) is 4.39 Å². The summed E-state index contributed by atoms with van der Waals surface area (Å²) in [6.45, 7) is 3.90. The van der Waals surface area contributed by atoms with Crippen LogP contribution in [0.1, 0.15) is 0 Å². The van der Waals surface area contributed by atoms with Gasteiger partial charge in [0.2, 0.25) is 0 Å². The van der Waals surface area contributed by atoms with Gasteiger partial charge in [-0.15, -0.1) is 0 Å². The van der Waals surface area contributed by atoms with Crippen molar-refractivity contribution in [3.8, 4) is 0 Å². The fourth-order valence-corrected chi connectivity index (χ4v) is 3.59. The van der Waals surface area contributed by atoms with Crippen molar-refractivity contribution in [2.75, 3.05) is 33.7 Å². The number of aromatic nitrogens is 2. The van der Waals surface area contributed by atoms with E-state index in [1.54, 1.807) is 6.07 Å². The first-order valence-corrected chi connectivity index (χ1v) is 8.41. The Bertz CT molecular complexity index is 726. The summed E-state index contributed by atoms with van der Waals surface area (Å²) in [6, 6.07) is 3.78. The summed E-state index contributed by atoms with van der Waals surface area (Å²) in [5, 5.41) is 0. The molecule has 1 saturated heterocycles. The topological polar surface area (TPSA) is 27.2 Å². The zero-order valence-corrected chi connectivity index (χ0v) is 15.0. The summed E-state index contributed by atoms with van der Waals surface area (Å²) in [7, 11) is 4.27. The van der Waals surface area contributed by atoms with E-state index >= 15 is 0 Å². The number of fused-ring (bicyclic) bond motifs is 1. The van der Waals surface area contributed by atoms with Crippen LogP contribution in [0.3, 0.4) is 0 Å². The Morgan fingerprint density at radius 1 is 1.38 bits per heavy atom. The van der Waals surface area contributed by atoms with E-state index in [1.807, 2.05) is 33.2 Å². The molecule has 1 aliphatic rings. The number of benzene rings is 1. The van der Waals surface area contributed by atoms with Crippen LogP contribution in [0.25, 0.3) is 11.0 Å². The molecule has 1 atom stereocenters. The fraction of sp³-hybridized carbons (Fsp3) is 0.500. The average molecular weight is 420 g/mol. The Labute approximate surface area is 142 Å². The van der Waals surface area contributed by atoms with Crippen molar-refractivity contribution in [2.45, 2.75) is 12.6 Å². The first kappa shape index (κ1) is 15.4. The minimum absolute atomic E-state index is 0.194. The third-order valence-corrected chi connectivity index (χ3v) is 5.34. The number of nitrogens with zero attached hydrogens (tertiary/aromatic N) is 3.